The van der Waals surface area contributed by atoms with E-state index in [1.165, 1.54) is 0 Å². The molecule has 1 amide bonds. The highest BCUT2D eigenvalue weighted by Crippen LogP contribution is 2.63. The van der Waals surface area contributed by atoms with Gasteiger partial charge >= 0.3 is 6.09 Å². The van der Waals surface area contributed by atoms with Crippen molar-refractivity contribution in [1.29, 1.82) is 5.26 Å². The predicted octanol–water partition coefficient (Wildman–Crippen LogP) is 13.8. The number of nitrogens with zero attached hydrogens (tertiary/aromatic N) is 3. The molecule has 5 atom stereocenters. The molecule has 2 aliphatic rings. The summed E-state index contributed by atoms with van der Waals surface area (Å²) in [5.74, 6) is 3.22. The van der Waals surface area contributed by atoms with Crippen LogP contribution in [-0.4, -0.2) is 42.9 Å². The molecule has 1 aromatic carbocycles. The number of hydrogen-bond donors (Lipinski definition) is 0. The van der Waals surface area contributed by atoms with Crippen LogP contribution in [-0.2, 0) is 4.74 Å². The van der Waals surface area contributed by atoms with E-state index in [1.807, 2.05) is 63.4 Å². The van der Waals surface area contributed by atoms with Gasteiger partial charge in [0.2, 0.25) is 0 Å². The van der Waals surface area contributed by atoms with Crippen LogP contribution >= 0.6 is 0 Å². The van der Waals surface area contributed by atoms with Gasteiger partial charge in [-0.25, -0.2) is 4.79 Å². The molecule has 3 rings (SSSR count). The van der Waals surface area contributed by atoms with Crippen molar-refractivity contribution in [2.75, 3.05) is 13.7 Å². The molecule has 60 heavy (non-hydrogen) atoms. The van der Waals surface area contributed by atoms with Crippen molar-refractivity contribution < 1.29 is 9.53 Å². The molecule has 2 aliphatic carbocycles. The van der Waals surface area contributed by atoms with Crippen LogP contribution in [0.4, 0.5) is 4.79 Å². The van der Waals surface area contributed by atoms with Gasteiger partial charge in [-0.05, 0) is 82.6 Å². The molecule has 0 aliphatic heterocycles. The Bertz CT molecular complexity index is 2090. The zero-order chi connectivity index (χ0) is 44.6. The average molecular weight is 804 g/mol. The van der Waals surface area contributed by atoms with Crippen molar-refractivity contribution in [1.82, 2.24) is 4.90 Å². The summed E-state index contributed by atoms with van der Waals surface area (Å²) in [6.07, 6.45) is 43.9. The first-order valence-corrected chi connectivity index (χ1v) is 21.4. The van der Waals surface area contributed by atoms with Crippen LogP contribution in [0.15, 0.2) is 156 Å². The van der Waals surface area contributed by atoms with Gasteiger partial charge in [0.15, 0.2) is 0 Å². The number of carbonyl (C=O) groups is 1. The first kappa shape index (κ1) is 48.7. The maximum atomic E-state index is 14.0. The molecule has 5 heteroatoms. The fourth-order valence-electron chi connectivity index (χ4n) is 9.22. The number of carbonyl (C=O) groups excluding carboxylic acids is 1. The second-order valence-corrected chi connectivity index (χ2v) is 17.0. The summed E-state index contributed by atoms with van der Waals surface area (Å²) >= 11 is 0. The lowest BCUT2D eigenvalue weighted by Gasteiger charge is -2.56. The fourth-order valence-corrected chi connectivity index (χ4v) is 9.22. The van der Waals surface area contributed by atoms with Gasteiger partial charge in [0.05, 0.1) is 22.9 Å². The van der Waals surface area contributed by atoms with Gasteiger partial charge in [-0.1, -0.05) is 179 Å². The smallest absolute Gasteiger partial charge is 0.409 e. The van der Waals surface area contributed by atoms with Crippen LogP contribution in [0.5, 0.6) is 0 Å². The minimum Gasteiger partial charge on any atom is -0.448 e. The minimum absolute atomic E-state index is 0.0691. The highest BCUT2D eigenvalue weighted by atomic mass is 16.6. The number of benzene rings is 1. The number of rotatable bonds is 20. The zero-order valence-electron chi connectivity index (χ0n) is 38.0. The molecule has 316 valence electrons. The number of terminal acetylenes is 1. The molecule has 0 aromatic heterocycles. The van der Waals surface area contributed by atoms with E-state index in [0.29, 0.717) is 12.8 Å². The third kappa shape index (κ3) is 10.6. The molecule has 0 saturated carbocycles. The average Bonchev–Trinajstić information content (AvgIpc) is 3.51. The molecule has 0 heterocycles. The number of allylic oxidation sites excluding steroid dienone is 19. The summed E-state index contributed by atoms with van der Waals surface area (Å²) in [7, 11) is 1.73. The van der Waals surface area contributed by atoms with Crippen molar-refractivity contribution in [3.8, 4) is 18.4 Å². The quantitative estimate of drug-likeness (QED) is 0.0749. The Balaban J connectivity index is 2.05. The fraction of sp³-hybridized carbons (Fsp3) is 0.400. The van der Waals surface area contributed by atoms with Crippen molar-refractivity contribution >= 4 is 17.9 Å². The summed E-state index contributed by atoms with van der Waals surface area (Å²) in [6.45, 7) is 26.8. The molecule has 0 saturated heterocycles. The normalized spacial score (nSPS) is 20.8. The molecule has 5 nitrogen and oxygen atoms in total. The van der Waals surface area contributed by atoms with Gasteiger partial charge in [0.25, 0.3) is 0 Å². The van der Waals surface area contributed by atoms with Gasteiger partial charge in [-0.15, -0.1) is 6.42 Å². The van der Waals surface area contributed by atoms with E-state index in [0.717, 1.165) is 46.3 Å². The summed E-state index contributed by atoms with van der Waals surface area (Å²) in [4.78, 5) is 20.8. The second kappa shape index (κ2) is 22.1. The first-order chi connectivity index (χ1) is 28.6. The molecule has 0 radical (unpaired) electrons. The van der Waals surface area contributed by atoms with E-state index < -0.39 is 33.8 Å². The van der Waals surface area contributed by atoms with Crippen LogP contribution in [0.2, 0.25) is 0 Å². The Kier molecular flexibility index (Phi) is 17.9. The van der Waals surface area contributed by atoms with Crippen molar-refractivity contribution in [2.24, 2.45) is 26.7 Å². The van der Waals surface area contributed by atoms with Gasteiger partial charge in [0, 0.05) is 36.1 Å². The number of nitriles is 1. The number of fused-ring (bicyclic) bond motifs is 1. The van der Waals surface area contributed by atoms with E-state index in [1.54, 1.807) is 24.1 Å². The van der Waals surface area contributed by atoms with E-state index in [2.05, 4.69) is 140 Å². The zero-order valence-corrected chi connectivity index (χ0v) is 38.0. The predicted molar refractivity (Wildman–Crippen MR) is 256 cm³/mol. The lowest BCUT2D eigenvalue weighted by atomic mass is 9.45. The van der Waals surface area contributed by atoms with Gasteiger partial charge < -0.3 is 9.64 Å². The summed E-state index contributed by atoms with van der Waals surface area (Å²) in [6, 6.07) is 10.0. The third-order valence-electron chi connectivity index (χ3n) is 12.2. The lowest BCUT2D eigenvalue weighted by molar-refractivity contribution is 0.0712. The maximum absolute atomic E-state index is 14.0. The Labute approximate surface area is 363 Å². The Hall–Kier alpha value is -5.65. The topological polar surface area (TPSA) is 65.7 Å². The minimum atomic E-state index is -0.896. The van der Waals surface area contributed by atoms with Crippen LogP contribution in [0.1, 0.15) is 105 Å². The van der Waals surface area contributed by atoms with Crippen LogP contribution < -0.4 is 0 Å². The van der Waals surface area contributed by atoms with E-state index in [9.17, 15) is 10.1 Å². The molecule has 0 fully saturated rings. The third-order valence-corrected chi connectivity index (χ3v) is 12.2. The van der Waals surface area contributed by atoms with E-state index in [-0.39, 0.29) is 18.6 Å². The SMILES string of the molecule is C#CC1(C(/C(C)=C/C=C\C=C)(C(/C=C\C=C)=C/CC)C(C)(C)C=NC(C)C[C@H](N(C)C(=O)OCC2C(C)=C(/C=C\C=C/CC)c3ccccc32)C(C)(C)C#N)C=CC=CC1. The van der Waals surface area contributed by atoms with Crippen LogP contribution in [0.3, 0.4) is 0 Å². The molecule has 1 aromatic rings. The Morgan fingerprint density at radius 1 is 1.08 bits per heavy atom. The summed E-state index contributed by atoms with van der Waals surface area (Å²) in [5, 5.41) is 10.4. The Morgan fingerprint density at radius 2 is 1.80 bits per heavy atom. The molecular weight excluding hydrogens is 735 g/mol. The maximum Gasteiger partial charge on any atom is 0.409 e. The number of hydrogen-bond acceptors (Lipinski definition) is 4. The number of ether oxygens (including phenoxy) is 1. The molecular formula is C55H69N3O2. The number of aliphatic imine (C=N–C) groups is 1. The first-order valence-electron chi connectivity index (χ1n) is 21.4. The van der Waals surface area contributed by atoms with Crippen LogP contribution in [0.25, 0.3) is 5.57 Å². The van der Waals surface area contributed by atoms with Crippen molar-refractivity contribution in [3.63, 3.8) is 0 Å². The highest BCUT2D eigenvalue weighted by Gasteiger charge is 2.59. The Morgan fingerprint density at radius 3 is 2.42 bits per heavy atom. The lowest BCUT2D eigenvalue weighted by Crippen LogP contribution is -2.53. The van der Waals surface area contributed by atoms with Crippen LogP contribution in [0, 0.1) is 45.3 Å². The second-order valence-electron chi connectivity index (χ2n) is 17.0. The van der Waals surface area contributed by atoms with E-state index in [4.69, 9.17) is 16.2 Å². The van der Waals surface area contributed by atoms with Gasteiger partial charge in [-0.3, -0.25) is 4.99 Å². The summed E-state index contributed by atoms with van der Waals surface area (Å²) in [5.41, 5.74) is 3.70. The molecule has 4 unspecified atom stereocenters. The largest absolute Gasteiger partial charge is 0.448 e. The van der Waals surface area contributed by atoms with Crippen molar-refractivity contribution in [3.05, 3.63) is 162 Å². The summed E-state index contributed by atoms with van der Waals surface area (Å²) < 4.78 is 6.10. The molecule has 0 bridgehead atoms. The monoisotopic (exact) mass is 804 g/mol. The van der Waals surface area contributed by atoms with Crippen molar-refractivity contribution in [2.45, 2.75) is 106 Å². The molecule has 0 N–H and O–H groups in total. The number of amides is 1. The highest BCUT2D eigenvalue weighted by molar-refractivity contribution is 5.84. The standard InChI is InChI=1S/C55H69N3O2/c1-14-19-22-25-33-46-44(8)49(48-35-27-26-34-47(46)48)39-60-51(59)58(13)50(52(9,10)40-56)38-43(7)57-41-53(11,12)55(42(6)31-24-20-15-2,45(30-17-4)32-21-16-3)54(18-5)36-28-23-29-37-54/h5,15-16,19-36,41,43,49-50H,2-3,14,17,37-39H2,1,4,6-13H3/b22-19-,24-20-,32-21-,33-25-,42-31+,45-30+,57-41?/t43?,49?,50-,54?,55?/m0/s1. The van der Waals surface area contributed by atoms with Gasteiger partial charge in [0.1, 0.15) is 6.61 Å². The molecule has 0 spiro atoms. The van der Waals surface area contributed by atoms with E-state index >= 15 is 0 Å². The van der Waals surface area contributed by atoms with Gasteiger partial charge in [-0.2, -0.15) is 5.26 Å².